The number of aromatic nitrogens is 12. The molecule has 424 valence electrons. The molecular formula is C60H81N17O3. The Balaban J connectivity index is 0.000000196. The van der Waals surface area contributed by atoms with E-state index in [1.807, 2.05) is 68.6 Å². The predicted molar refractivity (Wildman–Crippen MR) is 316 cm³/mol. The van der Waals surface area contributed by atoms with E-state index in [-0.39, 0.29) is 29.9 Å². The van der Waals surface area contributed by atoms with Crippen molar-refractivity contribution in [2.24, 2.45) is 5.73 Å². The molecule has 8 aromatic rings. The lowest BCUT2D eigenvalue weighted by molar-refractivity contribution is 0.0696. The molecule has 80 heavy (non-hydrogen) atoms. The van der Waals surface area contributed by atoms with Crippen molar-refractivity contribution >= 4 is 35.0 Å². The minimum Gasteiger partial charge on any atom is -0.478 e. The summed E-state index contributed by atoms with van der Waals surface area (Å²) < 4.78 is 7.60. The molecular weight excluding hydrogens is 1010 g/mol. The number of rotatable bonds is 14. The second-order valence-corrected chi connectivity index (χ2v) is 22.7. The van der Waals surface area contributed by atoms with E-state index in [1.165, 1.54) is 18.0 Å². The van der Waals surface area contributed by atoms with Crippen LogP contribution in [0.3, 0.4) is 0 Å². The summed E-state index contributed by atoms with van der Waals surface area (Å²) in [4.78, 5) is 46.2. The summed E-state index contributed by atoms with van der Waals surface area (Å²) >= 11 is 0. The summed E-state index contributed by atoms with van der Waals surface area (Å²) in [6.45, 7) is 21.2. The maximum Gasteiger partial charge on any atom is 0.338 e. The van der Waals surface area contributed by atoms with Crippen LogP contribution in [-0.2, 0) is 24.0 Å². The fourth-order valence-electron chi connectivity index (χ4n) is 9.39. The van der Waals surface area contributed by atoms with Gasteiger partial charge >= 0.3 is 5.97 Å². The summed E-state index contributed by atoms with van der Waals surface area (Å²) in [5.74, 6) is 0.282. The number of Topliss-reactive ketones (excluding diaryl/α,β-unsaturated/α-hetero) is 1. The van der Waals surface area contributed by atoms with Crippen molar-refractivity contribution < 1.29 is 14.7 Å². The first-order chi connectivity index (χ1) is 37.7. The quantitative estimate of drug-likeness (QED) is 0.0741. The highest BCUT2D eigenvalue weighted by Crippen LogP contribution is 2.28. The molecule has 2 saturated heterocycles. The molecule has 2 fully saturated rings. The van der Waals surface area contributed by atoms with E-state index in [1.54, 1.807) is 23.3 Å². The Kier molecular flexibility index (Phi) is 19.7. The molecule has 0 atom stereocenters. The van der Waals surface area contributed by atoms with Gasteiger partial charge in [0.25, 0.3) is 0 Å². The first-order valence-corrected chi connectivity index (χ1v) is 27.1. The van der Waals surface area contributed by atoms with Crippen LogP contribution in [0.5, 0.6) is 0 Å². The number of ketones is 1. The Bertz CT molecular complexity index is 3310. The Morgan fingerprint density at radius 2 is 1.05 bits per heavy atom. The normalized spacial score (nSPS) is 14.5. The number of carboxylic acid groups (broad SMARTS) is 1. The van der Waals surface area contributed by atoms with Gasteiger partial charge in [-0.05, 0) is 174 Å². The van der Waals surface area contributed by atoms with E-state index in [0.717, 1.165) is 102 Å². The average Bonchev–Trinajstić information content (AvgIpc) is 4.29. The first kappa shape index (κ1) is 59.7. The largest absolute Gasteiger partial charge is 0.478 e. The van der Waals surface area contributed by atoms with Gasteiger partial charge in [-0.2, -0.15) is 20.4 Å². The highest BCUT2D eigenvalue weighted by atomic mass is 16.4. The number of nitrogens with two attached hydrogens (primary N) is 1. The molecule has 0 amide bonds. The molecule has 6 aromatic heterocycles. The van der Waals surface area contributed by atoms with Gasteiger partial charge in [-0.25, -0.2) is 24.7 Å². The highest BCUT2D eigenvalue weighted by Gasteiger charge is 2.22. The zero-order valence-electron chi connectivity index (χ0n) is 47.4. The molecule has 8 heterocycles. The van der Waals surface area contributed by atoms with E-state index >= 15 is 0 Å². The maximum atomic E-state index is 12.8. The summed E-state index contributed by atoms with van der Waals surface area (Å²) in [6.07, 6.45) is 23.3. The number of anilines is 4. The van der Waals surface area contributed by atoms with Crippen molar-refractivity contribution in [3.63, 3.8) is 0 Å². The number of hydrogen-bond donors (Lipinski definition) is 4. The van der Waals surface area contributed by atoms with E-state index in [9.17, 15) is 9.59 Å². The lowest BCUT2D eigenvalue weighted by atomic mass is 9.98. The van der Waals surface area contributed by atoms with E-state index < -0.39 is 5.97 Å². The topological polar surface area (TPSA) is 234 Å². The first-order valence-electron chi connectivity index (χ1n) is 27.1. The van der Waals surface area contributed by atoms with Gasteiger partial charge in [-0.1, -0.05) is 31.7 Å². The molecule has 0 radical (unpaired) electrons. The third-order valence-corrected chi connectivity index (χ3v) is 14.4. The Hall–Kier alpha value is -7.94. The number of piperidine rings is 2. The lowest BCUT2D eigenvalue weighted by Crippen LogP contribution is -2.31. The Morgan fingerprint density at radius 3 is 1.45 bits per heavy atom. The van der Waals surface area contributed by atoms with Gasteiger partial charge in [0.1, 0.15) is 0 Å². The molecule has 20 heteroatoms. The monoisotopic (exact) mass is 1090 g/mol. The second kappa shape index (κ2) is 26.3. The van der Waals surface area contributed by atoms with Crippen LogP contribution in [0.25, 0.3) is 22.5 Å². The van der Waals surface area contributed by atoms with Crippen LogP contribution in [0, 0.1) is 13.8 Å². The average molecular weight is 1090 g/mol. The molecule has 2 aliphatic heterocycles. The van der Waals surface area contributed by atoms with Crippen LogP contribution < -0.4 is 16.4 Å². The van der Waals surface area contributed by atoms with Gasteiger partial charge in [-0.15, -0.1) is 0 Å². The van der Waals surface area contributed by atoms with Crippen LogP contribution >= 0.6 is 0 Å². The number of carboxylic acids is 1. The van der Waals surface area contributed by atoms with Crippen LogP contribution in [0.1, 0.15) is 136 Å². The number of aryl methyl sites for hydroxylation is 3. The van der Waals surface area contributed by atoms with Crippen molar-refractivity contribution in [3.05, 3.63) is 144 Å². The molecule has 5 N–H and O–H groups in total. The number of carbonyl (C=O) groups excluding carboxylic acids is 1. The smallest absolute Gasteiger partial charge is 0.338 e. The van der Waals surface area contributed by atoms with E-state index in [4.69, 9.17) is 15.8 Å². The molecule has 0 bridgehead atoms. The standard InChI is InChI=1S/C30H38N8O.C21H27N7.C8H12N2O2.CH4/c1-21-16-23(7-6-22(21)8-9-28(39)24-17-33-38(19-24)30(2,3)4)27-10-13-31-29(35-27)34-25-18-32-37(20-25)26-11-14-36(5)15-12-26;1-15-11-16(3-4-17(15)12-22)20-5-8-23-21(26-20)25-18-13-24-28(14-18)19-6-9-27(2)10-7-19;1-8(2,3)10-5-6(4-9-10)7(11)12;/h6-7,10,13,16-20,26H,8-9,11-12,14-15H2,1-5H3,(H,31,34,35);3-5,8,11,13-14,19H,6-7,9-10,12,22H2,1-2H3,(H,23,25,26);4-5H,1-3H3,(H,11,12);1H4. The SMILES string of the molecule is C.CC(C)(C)n1cc(C(=O)O)cn1.Cc1cc(-c2ccnc(Nc3cnn(C4CCN(C)CC4)c3)n2)ccc1CCC(=O)c1cnn(C(C)(C)C)c1.Cc1cc(-c2ccnc(Nc3cnn(C4CCN(C)CC4)c3)n2)ccc1CN. The van der Waals surface area contributed by atoms with Gasteiger partial charge in [0.05, 0.1) is 81.8 Å². The number of nitrogens with zero attached hydrogens (tertiary/aromatic N) is 14. The van der Waals surface area contributed by atoms with Crippen LogP contribution in [0.4, 0.5) is 23.3 Å². The summed E-state index contributed by atoms with van der Waals surface area (Å²) in [5.41, 5.74) is 16.6. The van der Waals surface area contributed by atoms with Crippen LogP contribution in [-0.4, -0.2) is 126 Å². The molecule has 2 aromatic carbocycles. The van der Waals surface area contributed by atoms with Crippen molar-refractivity contribution in [2.75, 3.05) is 50.9 Å². The molecule has 10 rings (SSSR count). The molecule has 0 saturated carbocycles. The number of nitrogens with one attached hydrogen (secondary N) is 2. The third kappa shape index (κ3) is 15.9. The highest BCUT2D eigenvalue weighted by molar-refractivity contribution is 5.95. The predicted octanol–water partition coefficient (Wildman–Crippen LogP) is 10.5. The molecule has 20 nitrogen and oxygen atoms in total. The third-order valence-electron chi connectivity index (χ3n) is 14.4. The van der Waals surface area contributed by atoms with Gasteiger partial charge < -0.3 is 31.3 Å². The van der Waals surface area contributed by atoms with Gasteiger partial charge in [0.15, 0.2) is 5.78 Å². The Morgan fingerprint density at radius 1 is 0.613 bits per heavy atom. The number of aromatic carboxylic acids is 1. The number of hydrogen-bond acceptors (Lipinski definition) is 15. The fraction of sp³-hybridized carbons (Fsp3) is 0.433. The minimum atomic E-state index is -0.939. The molecule has 2 aliphatic rings. The van der Waals surface area contributed by atoms with Crippen molar-refractivity contribution in [3.8, 4) is 22.5 Å². The number of carbonyl (C=O) groups is 2. The van der Waals surface area contributed by atoms with Crippen LogP contribution in [0.15, 0.2) is 110 Å². The molecule has 0 aliphatic carbocycles. The van der Waals surface area contributed by atoms with E-state index in [2.05, 4.69) is 150 Å². The van der Waals surface area contributed by atoms with Crippen molar-refractivity contribution in [1.29, 1.82) is 0 Å². The summed E-state index contributed by atoms with van der Waals surface area (Å²) in [5, 5.41) is 32.6. The molecule has 0 spiro atoms. The van der Waals surface area contributed by atoms with Gasteiger partial charge in [-0.3, -0.25) is 23.5 Å². The maximum absolute atomic E-state index is 12.8. The summed E-state index contributed by atoms with van der Waals surface area (Å²) in [7, 11) is 4.33. The summed E-state index contributed by atoms with van der Waals surface area (Å²) in [6, 6.07) is 17.2. The van der Waals surface area contributed by atoms with Crippen molar-refractivity contribution in [2.45, 2.75) is 131 Å². The second-order valence-electron chi connectivity index (χ2n) is 22.7. The molecule has 0 unspecified atom stereocenters. The lowest BCUT2D eigenvalue weighted by Gasteiger charge is -2.28. The van der Waals surface area contributed by atoms with Gasteiger partial charge in [0, 0.05) is 61.3 Å². The Labute approximate surface area is 470 Å². The number of benzene rings is 2. The fourth-order valence-corrected chi connectivity index (χ4v) is 9.39. The minimum absolute atomic E-state index is 0. The van der Waals surface area contributed by atoms with Crippen molar-refractivity contribution in [1.82, 2.24) is 68.9 Å². The van der Waals surface area contributed by atoms with E-state index in [0.29, 0.717) is 48.9 Å². The van der Waals surface area contributed by atoms with Gasteiger partial charge in [0.2, 0.25) is 11.9 Å². The zero-order valence-corrected chi connectivity index (χ0v) is 47.4. The van der Waals surface area contributed by atoms with Crippen LogP contribution in [0.2, 0.25) is 0 Å². The number of likely N-dealkylation sites (tertiary alicyclic amines) is 2. The zero-order chi connectivity index (χ0) is 56.4.